The van der Waals surface area contributed by atoms with Crippen LogP contribution in [0.1, 0.15) is 38.3 Å². The second-order valence-corrected chi connectivity index (χ2v) is 5.78. The molecule has 4 heteroatoms. The third kappa shape index (κ3) is 4.10. The van der Waals surface area contributed by atoms with Gasteiger partial charge in [0.1, 0.15) is 5.75 Å². The van der Waals surface area contributed by atoms with Crippen LogP contribution in [-0.4, -0.2) is 16.3 Å². The molecule has 0 heterocycles. The topological polar surface area (TPSA) is 66.5 Å². The van der Waals surface area contributed by atoms with E-state index in [0.29, 0.717) is 17.9 Å². The molecule has 0 aromatic heterocycles. The highest BCUT2D eigenvalue weighted by molar-refractivity contribution is 5.88. The highest BCUT2D eigenvalue weighted by Crippen LogP contribution is 2.33. The summed E-state index contributed by atoms with van der Waals surface area (Å²) >= 11 is 0. The molecule has 0 bridgehead atoms. The van der Waals surface area contributed by atoms with Crippen LogP contribution in [0.25, 0.3) is 10.8 Å². The maximum absolute atomic E-state index is 10.3. The van der Waals surface area contributed by atoms with Crippen LogP contribution in [0.5, 0.6) is 5.75 Å². The monoisotopic (exact) mass is 309 g/mol. The lowest BCUT2D eigenvalue weighted by molar-refractivity contribution is 0.127. The molecular formula is C17H24ClNO2. The van der Waals surface area contributed by atoms with Gasteiger partial charge in [0.05, 0.1) is 12.1 Å². The molecule has 116 valence electrons. The molecule has 0 aliphatic carbocycles. The number of halogens is 1. The van der Waals surface area contributed by atoms with Crippen LogP contribution in [0.15, 0.2) is 36.4 Å². The normalized spacial score (nSPS) is 14.0. The molecule has 0 saturated heterocycles. The predicted octanol–water partition coefficient (Wildman–Crippen LogP) is 3.76. The molecule has 0 aliphatic heterocycles. The van der Waals surface area contributed by atoms with Crippen LogP contribution in [0.3, 0.4) is 0 Å². The number of benzene rings is 2. The number of aliphatic hydroxyl groups is 1. The molecule has 0 unspecified atom stereocenters. The van der Waals surface area contributed by atoms with Crippen LogP contribution in [0, 0.1) is 5.92 Å². The van der Waals surface area contributed by atoms with Crippen LogP contribution in [0.2, 0.25) is 0 Å². The number of aromatic hydroxyl groups is 1. The van der Waals surface area contributed by atoms with Gasteiger partial charge in [-0.25, -0.2) is 0 Å². The van der Waals surface area contributed by atoms with E-state index < -0.39 is 12.1 Å². The van der Waals surface area contributed by atoms with Crippen LogP contribution < -0.4 is 5.73 Å². The van der Waals surface area contributed by atoms with Crippen molar-refractivity contribution in [3.63, 3.8) is 0 Å². The Morgan fingerprint density at radius 3 is 2.38 bits per heavy atom. The van der Waals surface area contributed by atoms with Gasteiger partial charge >= 0.3 is 0 Å². The zero-order chi connectivity index (χ0) is 14.7. The molecule has 0 spiro atoms. The van der Waals surface area contributed by atoms with Crippen LogP contribution in [-0.2, 0) is 0 Å². The van der Waals surface area contributed by atoms with E-state index in [1.54, 1.807) is 6.07 Å². The van der Waals surface area contributed by atoms with E-state index in [1.165, 1.54) is 0 Å². The molecule has 3 nitrogen and oxygen atoms in total. The molecule has 0 saturated carbocycles. The number of aliphatic hydroxyl groups excluding tert-OH is 1. The summed E-state index contributed by atoms with van der Waals surface area (Å²) in [6.07, 6.45) is 0.913. The summed E-state index contributed by atoms with van der Waals surface area (Å²) in [7, 11) is 0. The van der Waals surface area contributed by atoms with E-state index in [2.05, 4.69) is 13.8 Å². The van der Waals surface area contributed by atoms with Gasteiger partial charge in [-0.3, -0.25) is 0 Å². The summed E-state index contributed by atoms with van der Waals surface area (Å²) in [6.45, 7) is 4.24. The number of hydrogen-bond acceptors (Lipinski definition) is 3. The van der Waals surface area contributed by atoms with Crippen LogP contribution >= 0.6 is 12.4 Å². The molecule has 0 fully saturated rings. The fraction of sp³-hybridized carbons (Fsp3) is 0.412. The number of fused-ring (bicyclic) bond motifs is 1. The average molecular weight is 310 g/mol. The van der Waals surface area contributed by atoms with Gasteiger partial charge in [-0.2, -0.15) is 0 Å². The maximum atomic E-state index is 10.3. The van der Waals surface area contributed by atoms with Crippen molar-refractivity contribution in [3.05, 3.63) is 42.0 Å². The molecule has 2 rings (SSSR count). The van der Waals surface area contributed by atoms with E-state index >= 15 is 0 Å². The molecule has 0 amide bonds. The highest BCUT2D eigenvalue weighted by atomic mass is 35.5. The first kappa shape index (κ1) is 17.8. The fourth-order valence-corrected chi connectivity index (χ4v) is 2.51. The number of nitrogens with two attached hydrogens (primary N) is 1. The first-order valence-corrected chi connectivity index (χ1v) is 7.15. The number of phenols is 1. The zero-order valence-corrected chi connectivity index (χ0v) is 13.3. The van der Waals surface area contributed by atoms with Crippen molar-refractivity contribution in [2.45, 2.75) is 38.8 Å². The van der Waals surface area contributed by atoms with Gasteiger partial charge < -0.3 is 15.9 Å². The van der Waals surface area contributed by atoms with E-state index in [0.717, 1.165) is 17.2 Å². The Kier molecular flexibility index (Phi) is 6.46. The Bertz CT molecular complexity index is 586. The number of phenolic OH excluding ortho intramolecular Hbond substituents is 1. The van der Waals surface area contributed by atoms with Crippen molar-refractivity contribution in [2.24, 2.45) is 11.7 Å². The van der Waals surface area contributed by atoms with Gasteiger partial charge in [-0.1, -0.05) is 44.2 Å². The Morgan fingerprint density at radius 2 is 1.71 bits per heavy atom. The standard InChI is InChI=1S/C17H23NO2.ClH/c1-11(2)7-9-15(20)17(18)16-13-6-4-3-5-12(13)8-10-14(16)19;/h3-6,8,10-11,15,17,19-20H,7,9,18H2,1-2H3;1H/t15-,17-;/m1./s1. The average Bonchev–Trinajstić information content (AvgIpc) is 2.44. The summed E-state index contributed by atoms with van der Waals surface area (Å²) < 4.78 is 0. The second-order valence-electron chi connectivity index (χ2n) is 5.78. The van der Waals surface area contributed by atoms with E-state index in [-0.39, 0.29) is 18.2 Å². The lowest BCUT2D eigenvalue weighted by Gasteiger charge is -2.22. The van der Waals surface area contributed by atoms with Gasteiger partial charge in [0.25, 0.3) is 0 Å². The molecule has 2 atom stereocenters. The molecule has 21 heavy (non-hydrogen) atoms. The molecule has 0 radical (unpaired) electrons. The summed E-state index contributed by atoms with van der Waals surface area (Å²) in [6, 6.07) is 10.7. The van der Waals surface area contributed by atoms with Crippen molar-refractivity contribution in [1.29, 1.82) is 0 Å². The minimum Gasteiger partial charge on any atom is -0.508 e. The zero-order valence-electron chi connectivity index (χ0n) is 12.5. The van der Waals surface area contributed by atoms with Gasteiger partial charge in [0.15, 0.2) is 0 Å². The van der Waals surface area contributed by atoms with E-state index in [9.17, 15) is 10.2 Å². The Balaban J connectivity index is 0.00000220. The second kappa shape index (κ2) is 7.64. The highest BCUT2D eigenvalue weighted by Gasteiger charge is 2.22. The van der Waals surface area contributed by atoms with E-state index in [1.807, 2.05) is 30.3 Å². The van der Waals surface area contributed by atoms with Gasteiger partial charge in [0, 0.05) is 5.56 Å². The summed E-state index contributed by atoms with van der Waals surface area (Å²) in [5.41, 5.74) is 6.82. The van der Waals surface area contributed by atoms with Crippen molar-refractivity contribution < 1.29 is 10.2 Å². The van der Waals surface area contributed by atoms with Crippen molar-refractivity contribution in [2.75, 3.05) is 0 Å². The third-order valence-electron chi connectivity index (χ3n) is 3.74. The summed E-state index contributed by atoms with van der Waals surface area (Å²) in [5, 5.41) is 22.3. The molecule has 4 N–H and O–H groups in total. The molecule has 2 aromatic rings. The van der Waals surface area contributed by atoms with Crippen molar-refractivity contribution in [1.82, 2.24) is 0 Å². The number of hydrogen-bond donors (Lipinski definition) is 3. The summed E-state index contributed by atoms with van der Waals surface area (Å²) in [4.78, 5) is 0. The largest absolute Gasteiger partial charge is 0.508 e. The third-order valence-corrected chi connectivity index (χ3v) is 3.74. The minimum atomic E-state index is -0.644. The van der Waals surface area contributed by atoms with Gasteiger partial charge in [0.2, 0.25) is 0 Å². The molecular weight excluding hydrogens is 286 g/mol. The Hall–Kier alpha value is -1.29. The van der Waals surface area contributed by atoms with Crippen molar-refractivity contribution in [3.8, 4) is 5.75 Å². The predicted molar refractivity (Wildman–Crippen MR) is 89.9 cm³/mol. The molecule has 0 aliphatic rings. The van der Waals surface area contributed by atoms with Gasteiger partial charge in [-0.05, 0) is 35.6 Å². The minimum absolute atomic E-state index is 0. The first-order valence-electron chi connectivity index (χ1n) is 7.15. The fourth-order valence-electron chi connectivity index (χ4n) is 2.51. The SMILES string of the molecule is CC(C)CC[C@@H](O)[C@@H](N)c1c(O)ccc2ccccc12.Cl. The quantitative estimate of drug-likeness (QED) is 0.787. The first-order chi connectivity index (χ1) is 9.50. The number of rotatable bonds is 5. The lowest BCUT2D eigenvalue weighted by Crippen LogP contribution is -2.26. The Morgan fingerprint density at radius 1 is 1.05 bits per heavy atom. The lowest BCUT2D eigenvalue weighted by atomic mass is 9.92. The van der Waals surface area contributed by atoms with Crippen molar-refractivity contribution >= 4 is 23.2 Å². The smallest absolute Gasteiger partial charge is 0.121 e. The summed E-state index contributed by atoms with van der Waals surface area (Å²) in [5.74, 6) is 0.678. The maximum Gasteiger partial charge on any atom is 0.121 e. The molecule has 2 aromatic carbocycles. The van der Waals surface area contributed by atoms with Crippen LogP contribution in [0.4, 0.5) is 0 Å². The Labute approximate surface area is 132 Å². The van der Waals surface area contributed by atoms with Gasteiger partial charge in [-0.15, -0.1) is 12.4 Å². The van der Waals surface area contributed by atoms with E-state index in [4.69, 9.17) is 5.73 Å².